The first-order valence-electron chi connectivity index (χ1n) is 5.38. The summed E-state index contributed by atoms with van der Waals surface area (Å²) >= 11 is 0. The maximum atomic E-state index is 11.9. The number of rotatable bonds is 4. The number of ether oxygens (including phenoxy) is 1. The number of nitrogens with two attached hydrogens (primary N) is 1. The number of pyridine rings is 1. The van der Waals surface area contributed by atoms with E-state index in [1.165, 1.54) is 12.3 Å². The maximum absolute atomic E-state index is 11.9. The molecule has 0 aliphatic carbocycles. The number of aromatic nitrogens is 3. The monoisotopic (exact) mass is 272 g/mol. The molecule has 0 bridgehead atoms. The summed E-state index contributed by atoms with van der Waals surface area (Å²) in [4.78, 5) is 3.58. The molecule has 2 N–H and O–H groups in total. The van der Waals surface area contributed by atoms with Gasteiger partial charge in [-0.3, -0.25) is 4.68 Å². The minimum Gasteiger partial charge on any atom is -0.388 e. The van der Waals surface area contributed by atoms with Crippen LogP contribution >= 0.6 is 0 Å². The molecule has 0 saturated heterocycles. The van der Waals surface area contributed by atoms with Crippen molar-refractivity contribution in [3.05, 3.63) is 41.9 Å². The van der Waals surface area contributed by atoms with E-state index in [0.29, 0.717) is 18.7 Å². The minimum absolute atomic E-state index is 0.386. The smallest absolute Gasteiger partial charge is 0.388 e. The lowest BCUT2D eigenvalue weighted by molar-refractivity contribution is -0.276. The molecule has 2 aromatic heterocycles. The molecule has 0 aliphatic rings. The zero-order valence-corrected chi connectivity index (χ0v) is 9.76. The van der Waals surface area contributed by atoms with E-state index in [-0.39, 0.29) is 0 Å². The van der Waals surface area contributed by atoms with Crippen LogP contribution in [0.15, 0.2) is 30.7 Å². The standard InChI is InChI=1S/C11H11F3N4O/c12-11(13,14)19-10-2-1-8(4-16-10)6-18-7-9(3-15)5-17-18/h1-2,4-5,7H,3,6,15H2. The molecule has 0 aromatic carbocycles. The molecular formula is C11H11F3N4O. The van der Waals surface area contributed by atoms with Gasteiger partial charge in [-0.2, -0.15) is 5.10 Å². The van der Waals surface area contributed by atoms with Crippen molar-refractivity contribution in [3.8, 4) is 5.88 Å². The Bertz CT molecular complexity index is 536. The molecule has 5 nitrogen and oxygen atoms in total. The van der Waals surface area contributed by atoms with Gasteiger partial charge < -0.3 is 10.5 Å². The molecule has 0 fully saturated rings. The zero-order valence-electron chi connectivity index (χ0n) is 9.76. The van der Waals surface area contributed by atoms with E-state index in [1.807, 2.05) is 0 Å². The summed E-state index contributed by atoms with van der Waals surface area (Å²) in [5.74, 6) is -0.487. The number of halogens is 3. The topological polar surface area (TPSA) is 66.0 Å². The summed E-state index contributed by atoms with van der Waals surface area (Å²) in [7, 11) is 0. The minimum atomic E-state index is -4.73. The normalized spacial score (nSPS) is 11.6. The fraction of sp³-hybridized carbons (Fsp3) is 0.273. The second-order valence-electron chi connectivity index (χ2n) is 3.80. The first kappa shape index (κ1) is 13.3. The summed E-state index contributed by atoms with van der Waals surface area (Å²) in [5, 5.41) is 4.06. The van der Waals surface area contributed by atoms with Gasteiger partial charge in [-0.15, -0.1) is 13.2 Å². The molecule has 0 saturated carbocycles. The lowest BCUT2D eigenvalue weighted by Crippen LogP contribution is -2.17. The summed E-state index contributed by atoms with van der Waals surface area (Å²) in [6.07, 6.45) is -0.0217. The molecule has 0 amide bonds. The van der Waals surface area contributed by atoms with Crippen molar-refractivity contribution < 1.29 is 17.9 Å². The molecule has 102 valence electrons. The third kappa shape index (κ3) is 3.95. The van der Waals surface area contributed by atoms with E-state index in [1.54, 1.807) is 17.1 Å². The Morgan fingerprint density at radius 1 is 1.21 bits per heavy atom. The van der Waals surface area contributed by atoms with Crippen molar-refractivity contribution in [3.63, 3.8) is 0 Å². The van der Waals surface area contributed by atoms with Crippen LogP contribution in [0.25, 0.3) is 0 Å². The van der Waals surface area contributed by atoms with Crippen LogP contribution in [-0.2, 0) is 13.1 Å². The van der Waals surface area contributed by atoms with Gasteiger partial charge in [0, 0.05) is 30.6 Å². The van der Waals surface area contributed by atoms with Gasteiger partial charge in [0.2, 0.25) is 5.88 Å². The third-order valence-electron chi connectivity index (χ3n) is 2.28. The predicted octanol–water partition coefficient (Wildman–Crippen LogP) is 1.68. The molecule has 2 rings (SSSR count). The van der Waals surface area contributed by atoms with Crippen molar-refractivity contribution in [2.24, 2.45) is 5.73 Å². The lowest BCUT2D eigenvalue weighted by Gasteiger charge is -2.08. The molecule has 0 spiro atoms. The first-order chi connectivity index (χ1) is 8.96. The highest BCUT2D eigenvalue weighted by atomic mass is 19.4. The molecule has 19 heavy (non-hydrogen) atoms. The van der Waals surface area contributed by atoms with E-state index >= 15 is 0 Å². The fourth-order valence-corrected chi connectivity index (χ4v) is 1.47. The third-order valence-corrected chi connectivity index (χ3v) is 2.28. The Hall–Kier alpha value is -2.09. The van der Waals surface area contributed by atoms with Gasteiger partial charge in [0.15, 0.2) is 0 Å². The molecule has 0 atom stereocenters. The zero-order chi connectivity index (χ0) is 13.9. The van der Waals surface area contributed by atoms with E-state index in [4.69, 9.17) is 5.73 Å². The molecule has 8 heteroatoms. The second-order valence-corrected chi connectivity index (χ2v) is 3.80. The Labute approximate surface area is 106 Å². The van der Waals surface area contributed by atoms with Crippen LogP contribution in [0.5, 0.6) is 5.88 Å². The summed E-state index contributed by atoms with van der Waals surface area (Å²) < 4.78 is 41.1. The van der Waals surface area contributed by atoms with Gasteiger partial charge in [0.1, 0.15) is 0 Å². The number of nitrogens with zero attached hydrogens (tertiary/aromatic N) is 3. The molecule has 2 aromatic rings. The van der Waals surface area contributed by atoms with Crippen LogP contribution in [0.2, 0.25) is 0 Å². The Balaban J connectivity index is 2.02. The van der Waals surface area contributed by atoms with Crippen LogP contribution < -0.4 is 10.5 Å². The van der Waals surface area contributed by atoms with E-state index < -0.39 is 12.2 Å². The SMILES string of the molecule is NCc1cnn(Cc2ccc(OC(F)(F)F)nc2)c1. The quantitative estimate of drug-likeness (QED) is 0.919. The molecule has 2 heterocycles. The highest BCUT2D eigenvalue weighted by Crippen LogP contribution is 2.20. The predicted molar refractivity (Wildman–Crippen MR) is 60.1 cm³/mol. The molecule has 0 aliphatic heterocycles. The van der Waals surface area contributed by atoms with Gasteiger partial charge in [0.25, 0.3) is 0 Å². The van der Waals surface area contributed by atoms with E-state index in [9.17, 15) is 13.2 Å². The van der Waals surface area contributed by atoms with E-state index in [0.717, 1.165) is 11.6 Å². The summed E-state index contributed by atoms with van der Waals surface area (Å²) in [6.45, 7) is 0.788. The van der Waals surface area contributed by atoms with Crippen molar-refractivity contribution in [1.29, 1.82) is 0 Å². The number of hydrogen-bond acceptors (Lipinski definition) is 4. The van der Waals surface area contributed by atoms with Gasteiger partial charge in [0.05, 0.1) is 12.7 Å². The molecular weight excluding hydrogens is 261 g/mol. The van der Waals surface area contributed by atoms with Crippen molar-refractivity contribution in [1.82, 2.24) is 14.8 Å². The van der Waals surface area contributed by atoms with Gasteiger partial charge in [-0.1, -0.05) is 6.07 Å². The van der Waals surface area contributed by atoms with Crippen molar-refractivity contribution in [2.75, 3.05) is 0 Å². The molecule has 0 unspecified atom stereocenters. The van der Waals surface area contributed by atoms with Crippen LogP contribution in [0.1, 0.15) is 11.1 Å². The van der Waals surface area contributed by atoms with Gasteiger partial charge >= 0.3 is 6.36 Å². The fourth-order valence-electron chi connectivity index (χ4n) is 1.47. The molecule has 0 radical (unpaired) electrons. The van der Waals surface area contributed by atoms with Crippen LogP contribution in [0.3, 0.4) is 0 Å². The largest absolute Gasteiger partial charge is 0.574 e. The van der Waals surface area contributed by atoms with Crippen molar-refractivity contribution >= 4 is 0 Å². The number of alkyl halides is 3. The van der Waals surface area contributed by atoms with Crippen LogP contribution in [0, 0.1) is 0 Å². The first-order valence-corrected chi connectivity index (χ1v) is 5.38. The maximum Gasteiger partial charge on any atom is 0.574 e. The van der Waals surface area contributed by atoms with E-state index in [2.05, 4.69) is 14.8 Å². The van der Waals surface area contributed by atoms with Gasteiger partial charge in [-0.05, 0) is 5.56 Å². The van der Waals surface area contributed by atoms with Crippen molar-refractivity contribution in [2.45, 2.75) is 19.5 Å². The Kier molecular flexibility index (Phi) is 3.70. The van der Waals surface area contributed by atoms with Crippen LogP contribution in [-0.4, -0.2) is 21.1 Å². The summed E-state index contributed by atoms with van der Waals surface area (Å²) in [5.41, 5.74) is 7.04. The highest BCUT2D eigenvalue weighted by Gasteiger charge is 2.31. The number of hydrogen-bond donors (Lipinski definition) is 1. The highest BCUT2D eigenvalue weighted by molar-refractivity contribution is 5.18. The van der Waals surface area contributed by atoms with Gasteiger partial charge in [-0.25, -0.2) is 4.98 Å². The second kappa shape index (κ2) is 5.27. The van der Waals surface area contributed by atoms with Crippen LogP contribution in [0.4, 0.5) is 13.2 Å². The Morgan fingerprint density at radius 3 is 2.53 bits per heavy atom. The summed E-state index contributed by atoms with van der Waals surface area (Å²) in [6, 6.07) is 2.66. The Morgan fingerprint density at radius 2 is 2.00 bits per heavy atom. The average molecular weight is 272 g/mol. The average Bonchev–Trinajstić information content (AvgIpc) is 2.77. The lowest BCUT2D eigenvalue weighted by atomic mass is 10.3.